The molecule has 4 rings (SSSR count). The first kappa shape index (κ1) is 15.1. The lowest BCUT2D eigenvalue weighted by atomic mass is 10.1. The number of fused-ring (bicyclic) bond motifs is 2. The molecule has 124 valence electrons. The van der Waals surface area contributed by atoms with Crippen LogP contribution in [0.15, 0.2) is 29.6 Å². The van der Waals surface area contributed by atoms with Crippen LogP contribution in [0, 0.1) is 6.92 Å². The number of thiophene rings is 1. The van der Waals surface area contributed by atoms with Crippen molar-refractivity contribution in [3.05, 3.63) is 46.9 Å². The summed E-state index contributed by atoms with van der Waals surface area (Å²) in [4.78, 5) is 16.7. The maximum atomic E-state index is 12.3. The van der Waals surface area contributed by atoms with E-state index >= 15 is 0 Å². The number of rotatable bonds is 3. The van der Waals surface area contributed by atoms with Crippen LogP contribution < -0.4 is 10.6 Å². The molecule has 0 aliphatic carbocycles. The molecule has 24 heavy (non-hydrogen) atoms. The molecule has 0 bridgehead atoms. The molecule has 6 nitrogen and oxygen atoms in total. The molecule has 0 saturated carbocycles. The van der Waals surface area contributed by atoms with Crippen LogP contribution in [0.1, 0.15) is 36.1 Å². The molecular weight excluding hydrogens is 322 g/mol. The van der Waals surface area contributed by atoms with E-state index in [0.717, 1.165) is 36.6 Å². The average Bonchev–Trinajstić information content (AvgIpc) is 3.16. The topological polar surface area (TPSA) is 71.8 Å². The van der Waals surface area contributed by atoms with Crippen LogP contribution in [0.25, 0.3) is 10.1 Å². The fourth-order valence-corrected chi connectivity index (χ4v) is 4.12. The minimum absolute atomic E-state index is 0.0702. The Balaban J connectivity index is 1.41. The van der Waals surface area contributed by atoms with Crippen LogP contribution in [-0.4, -0.2) is 20.8 Å². The van der Waals surface area contributed by atoms with Gasteiger partial charge in [-0.2, -0.15) is 5.10 Å². The summed E-state index contributed by atoms with van der Waals surface area (Å²) in [6.45, 7) is 3.27. The predicted octanol–water partition coefficient (Wildman–Crippen LogP) is 3.14. The Bertz CT molecular complexity index is 884. The summed E-state index contributed by atoms with van der Waals surface area (Å²) >= 11 is 1.70. The lowest BCUT2D eigenvalue weighted by Gasteiger charge is -2.23. The number of amides is 2. The number of hydrogen-bond donors (Lipinski definition) is 2. The van der Waals surface area contributed by atoms with Crippen molar-refractivity contribution in [3.8, 4) is 0 Å². The van der Waals surface area contributed by atoms with Crippen molar-refractivity contribution >= 4 is 27.5 Å². The molecule has 2 amide bonds. The van der Waals surface area contributed by atoms with E-state index in [2.05, 4.69) is 38.2 Å². The highest BCUT2D eigenvalue weighted by molar-refractivity contribution is 7.17. The highest BCUT2D eigenvalue weighted by Crippen LogP contribution is 2.26. The Morgan fingerprint density at radius 2 is 2.29 bits per heavy atom. The fraction of sp³-hybridized carbons (Fsp3) is 0.353. The molecule has 0 fully saturated rings. The second kappa shape index (κ2) is 6.24. The second-order valence-corrected chi connectivity index (χ2v) is 6.93. The van der Waals surface area contributed by atoms with E-state index in [-0.39, 0.29) is 12.1 Å². The Labute approximate surface area is 143 Å². The zero-order chi connectivity index (χ0) is 16.5. The zero-order valence-electron chi connectivity index (χ0n) is 13.5. The Morgan fingerprint density at radius 1 is 1.42 bits per heavy atom. The third kappa shape index (κ3) is 2.87. The molecule has 0 spiro atoms. The summed E-state index contributed by atoms with van der Waals surface area (Å²) in [6.07, 6.45) is 1.89. The molecule has 3 heterocycles. The van der Waals surface area contributed by atoms with Gasteiger partial charge in [-0.25, -0.2) is 14.5 Å². The van der Waals surface area contributed by atoms with Crippen molar-refractivity contribution in [2.75, 3.05) is 0 Å². The van der Waals surface area contributed by atoms with E-state index in [9.17, 15) is 4.79 Å². The summed E-state index contributed by atoms with van der Waals surface area (Å²) < 4.78 is 3.14. The lowest BCUT2D eigenvalue weighted by molar-refractivity contribution is 0.232. The van der Waals surface area contributed by atoms with Crippen molar-refractivity contribution in [3.63, 3.8) is 0 Å². The van der Waals surface area contributed by atoms with Gasteiger partial charge < -0.3 is 10.6 Å². The SMILES string of the molecule is Cc1nc2n(n1)CCC[C@H]2NC(=O)NCc1csc2ccccc12. The molecular formula is C17H19N5OS. The first-order chi connectivity index (χ1) is 11.7. The van der Waals surface area contributed by atoms with Gasteiger partial charge in [-0.3, -0.25) is 0 Å². The molecule has 2 aromatic heterocycles. The van der Waals surface area contributed by atoms with E-state index in [1.807, 2.05) is 23.7 Å². The third-order valence-corrected chi connectivity index (χ3v) is 5.30. The summed E-state index contributed by atoms with van der Waals surface area (Å²) in [5, 5.41) is 13.7. The molecule has 1 aromatic carbocycles. The van der Waals surface area contributed by atoms with Gasteiger partial charge in [-0.1, -0.05) is 18.2 Å². The molecule has 0 radical (unpaired) electrons. The van der Waals surface area contributed by atoms with Crippen LogP contribution in [0.2, 0.25) is 0 Å². The van der Waals surface area contributed by atoms with Crippen molar-refractivity contribution in [1.29, 1.82) is 0 Å². The fourth-order valence-electron chi connectivity index (χ4n) is 3.16. The van der Waals surface area contributed by atoms with Gasteiger partial charge in [0.25, 0.3) is 0 Å². The highest BCUT2D eigenvalue weighted by atomic mass is 32.1. The van der Waals surface area contributed by atoms with E-state index in [1.54, 1.807) is 11.3 Å². The number of nitrogens with one attached hydrogen (secondary N) is 2. The monoisotopic (exact) mass is 341 g/mol. The maximum absolute atomic E-state index is 12.3. The highest BCUT2D eigenvalue weighted by Gasteiger charge is 2.24. The molecule has 0 unspecified atom stereocenters. The number of aromatic nitrogens is 3. The number of urea groups is 1. The van der Waals surface area contributed by atoms with Crippen molar-refractivity contribution in [1.82, 2.24) is 25.4 Å². The Morgan fingerprint density at radius 3 is 3.21 bits per heavy atom. The quantitative estimate of drug-likeness (QED) is 0.769. The van der Waals surface area contributed by atoms with Crippen LogP contribution in [-0.2, 0) is 13.1 Å². The van der Waals surface area contributed by atoms with Crippen LogP contribution in [0.3, 0.4) is 0 Å². The molecule has 1 aliphatic rings. The molecule has 1 aliphatic heterocycles. The second-order valence-electron chi connectivity index (χ2n) is 6.02. The van der Waals surface area contributed by atoms with E-state index in [1.165, 1.54) is 10.1 Å². The van der Waals surface area contributed by atoms with Crippen molar-refractivity contribution in [2.24, 2.45) is 0 Å². The summed E-state index contributed by atoms with van der Waals surface area (Å²) in [6, 6.07) is 8.01. The number of carbonyl (C=O) groups excluding carboxylic acids is 1. The molecule has 0 saturated heterocycles. The summed E-state index contributed by atoms with van der Waals surface area (Å²) in [7, 11) is 0. The standard InChI is InChI=1S/C17H19N5OS/c1-11-19-16-14(6-4-8-22(16)21-11)20-17(23)18-9-12-10-24-15-7-3-2-5-13(12)15/h2-3,5,7,10,14H,4,6,8-9H2,1H3,(H2,18,20,23)/t14-/m1/s1. The normalized spacial score (nSPS) is 16.8. The number of hydrogen-bond acceptors (Lipinski definition) is 4. The van der Waals surface area contributed by atoms with Gasteiger partial charge in [0, 0.05) is 17.8 Å². The largest absolute Gasteiger partial charge is 0.334 e. The van der Waals surface area contributed by atoms with Crippen LogP contribution >= 0.6 is 11.3 Å². The first-order valence-electron chi connectivity index (χ1n) is 8.11. The maximum Gasteiger partial charge on any atom is 0.315 e. The molecule has 1 atom stereocenters. The van der Waals surface area contributed by atoms with Gasteiger partial charge in [-0.05, 0) is 42.2 Å². The minimum atomic E-state index is -0.163. The smallest absolute Gasteiger partial charge is 0.315 e. The predicted molar refractivity (Wildman–Crippen MR) is 93.9 cm³/mol. The van der Waals surface area contributed by atoms with Gasteiger partial charge in [-0.15, -0.1) is 11.3 Å². The summed E-state index contributed by atoms with van der Waals surface area (Å²) in [5.41, 5.74) is 1.15. The van der Waals surface area contributed by atoms with Gasteiger partial charge >= 0.3 is 6.03 Å². The minimum Gasteiger partial charge on any atom is -0.334 e. The number of benzene rings is 1. The van der Waals surface area contributed by atoms with E-state index in [0.29, 0.717) is 6.54 Å². The third-order valence-electron chi connectivity index (χ3n) is 4.29. The zero-order valence-corrected chi connectivity index (χ0v) is 14.3. The van der Waals surface area contributed by atoms with Crippen molar-refractivity contribution in [2.45, 2.75) is 38.9 Å². The lowest BCUT2D eigenvalue weighted by Crippen LogP contribution is -2.39. The van der Waals surface area contributed by atoms with Gasteiger partial charge in [0.1, 0.15) is 11.6 Å². The number of carbonyl (C=O) groups is 1. The number of nitrogens with zero attached hydrogens (tertiary/aromatic N) is 3. The molecule has 7 heteroatoms. The van der Waals surface area contributed by atoms with Crippen LogP contribution in [0.4, 0.5) is 4.79 Å². The first-order valence-corrected chi connectivity index (χ1v) is 8.99. The molecule has 3 aromatic rings. The molecule has 2 N–H and O–H groups in total. The average molecular weight is 341 g/mol. The number of aryl methyl sites for hydroxylation is 2. The van der Waals surface area contributed by atoms with Gasteiger partial charge in [0.2, 0.25) is 0 Å². The Hall–Kier alpha value is -2.41. The van der Waals surface area contributed by atoms with Crippen LogP contribution in [0.5, 0.6) is 0 Å². The van der Waals surface area contributed by atoms with Gasteiger partial charge in [0.05, 0.1) is 6.04 Å². The van der Waals surface area contributed by atoms with Gasteiger partial charge in [0.15, 0.2) is 0 Å². The van der Waals surface area contributed by atoms with Crippen molar-refractivity contribution < 1.29 is 4.79 Å². The van der Waals surface area contributed by atoms with E-state index in [4.69, 9.17) is 0 Å². The summed E-state index contributed by atoms with van der Waals surface area (Å²) in [5.74, 6) is 1.61. The van der Waals surface area contributed by atoms with E-state index < -0.39 is 0 Å². The Kier molecular flexibility index (Phi) is 3.93.